The Balaban J connectivity index is 1.91. The molecule has 0 spiro atoms. The third-order valence-corrected chi connectivity index (χ3v) is 5.40. The van der Waals surface area contributed by atoms with Crippen LogP contribution in [-0.2, 0) is 0 Å². The molecule has 4 saturated carbocycles. The van der Waals surface area contributed by atoms with Crippen molar-refractivity contribution in [2.24, 2.45) is 35.5 Å². The average molecular weight is 164 g/mol. The van der Waals surface area contributed by atoms with Crippen LogP contribution in [0.15, 0.2) is 0 Å². The highest BCUT2D eigenvalue weighted by Crippen LogP contribution is 2.58. The molecule has 0 aliphatic heterocycles. The molecule has 4 rings (SSSR count). The summed E-state index contributed by atoms with van der Waals surface area (Å²) in [6, 6.07) is 0. The maximum atomic E-state index is 2.51. The van der Waals surface area contributed by atoms with Crippen LogP contribution < -0.4 is 0 Å². The van der Waals surface area contributed by atoms with Gasteiger partial charge in [0.1, 0.15) is 0 Å². The Hall–Kier alpha value is 0. The van der Waals surface area contributed by atoms with E-state index in [0.717, 1.165) is 35.5 Å². The van der Waals surface area contributed by atoms with Gasteiger partial charge in [-0.15, -0.1) is 0 Å². The third kappa shape index (κ3) is 0.791. The van der Waals surface area contributed by atoms with Crippen LogP contribution in [0, 0.1) is 35.5 Å². The van der Waals surface area contributed by atoms with E-state index in [9.17, 15) is 0 Å². The Bertz CT molecular complexity index is 146. The first kappa shape index (κ1) is 7.41. The second-order valence-electron chi connectivity index (χ2n) is 5.70. The van der Waals surface area contributed by atoms with Crippen molar-refractivity contribution in [2.75, 3.05) is 0 Å². The van der Waals surface area contributed by atoms with Gasteiger partial charge in [-0.1, -0.05) is 13.8 Å². The maximum absolute atomic E-state index is 2.51. The molecular formula is C12H20. The second kappa shape index (κ2) is 2.27. The number of hydrogen-bond donors (Lipinski definition) is 0. The van der Waals surface area contributed by atoms with E-state index in [2.05, 4.69) is 13.8 Å². The van der Waals surface area contributed by atoms with Crippen LogP contribution in [0.4, 0.5) is 0 Å². The van der Waals surface area contributed by atoms with Gasteiger partial charge in [0.2, 0.25) is 0 Å². The lowest BCUT2D eigenvalue weighted by molar-refractivity contribution is -0.0673. The zero-order valence-corrected chi connectivity index (χ0v) is 8.29. The molecule has 0 radical (unpaired) electrons. The van der Waals surface area contributed by atoms with Gasteiger partial charge >= 0.3 is 0 Å². The molecule has 0 aromatic carbocycles. The molecule has 0 atom stereocenters. The topological polar surface area (TPSA) is 0 Å². The Kier molecular flexibility index (Phi) is 1.40. The van der Waals surface area contributed by atoms with E-state index < -0.39 is 0 Å². The summed E-state index contributed by atoms with van der Waals surface area (Å²) in [5, 5.41) is 0. The van der Waals surface area contributed by atoms with E-state index in [1.165, 1.54) is 0 Å². The van der Waals surface area contributed by atoms with Crippen molar-refractivity contribution in [3.05, 3.63) is 0 Å². The highest BCUT2D eigenvalue weighted by Gasteiger charge is 2.49. The van der Waals surface area contributed by atoms with Crippen LogP contribution in [0.25, 0.3) is 0 Å². The van der Waals surface area contributed by atoms with Gasteiger partial charge in [-0.3, -0.25) is 0 Å². The molecule has 68 valence electrons. The van der Waals surface area contributed by atoms with Gasteiger partial charge in [0.25, 0.3) is 0 Å². The van der Waals surface area contributed by atoms with Crippen LogP contribution >= 0.6 is 0 Å². The Labute approximate surface area is 75.7 Å². The molecule has 0 aromatic rings. The largest absolute Gasteiger partial charge is 0.0620 e. The minimum atomic E-state index is 1.07. The monoisotopic (exact) mass is 164 g/mol. The summed E-state index contributed by atoms with van der Waals surface area (Å²) in [6.45, 7) is 5.02. The van der Waals surface area contributed by atoms with Gasteiger partial charge < -0.3 is 0 Å². The minimum Gasteiger partial charge on any atom is -0.0620 e. The molecule has 0 amide bonds. The fourth-order valence-electron chi connectivity index (χ4n) is 4.43. The molecule has 0 aromatic heterocycles. The Morgan fingerprint density at radius 1 is 0.583 bits per heavy atom. The van der Waals surface area contributed by atoms with Crippen LogP contribution in [-0.4, -0.2) is 0 Å². The van der Waals surface area contributed by atoms with E-state index in [0.29, 0.717) is 0 Å². The van der Waals surface area contributed by atoms with Gasteiger partial charge in [0.15, 0.2) is 0 Å². The predicted molar refractivity (Wildman–Crippen MR) is 50.8 cm³/mol. The van der Waals surface area contributed by atoms with E-state index >= 15 is 0 Å². The molecule has 0 heteroatoms. The number of rotatable bonds is 0. The van der Waals surface area contributed by atoms with E-state index in [-0.39, 0.29) is 0 Å². The molecule has 4 bridgehead atoms. The van der Waals surface area contributed by atoms with Crippen LogP contribution in [0.2, 0.25) is 0 Å². The lowest BCUT2D eigenvalue weighted by atomic mass is 9.49. The molecule has 0 heterocycles. The molecule has 4 aliphatic rings. The standard InChI is InChI=1S/C12H20/c1-7-9-3-11-5-10(7)6-12(4-9)8(11)2/h7-12H,3-6H2,1-2H3. The van der Waals surface area contributed by atoms with E-state index in [1.54, 1.807) is 25.7 Å². The van der Waals surface area contributed by atoms with Crippen molar-refractivity contribution >= 4 is 0 Å². The van der Waals surface area contributed by atoms with E-state index in [1.807, 2.05) is 0 Å². The molecule has 0 N–H and O–H groups in total. The van der Waals surface area contributed by atoms with Crippen molar-refractivity contribution in [1.29, 1.82) is 0 Å². The first-order valence-electron chi connectivity index (χ1n) is 5.75. The predicted octanol–water partition coefficient (Wildman–Crippen LogP) is 3.32. The quantitative estimate of drug-likeness (QED) is 0.515. The number of hydrogen-bond acceptors (Lipinski definition) is 0. The summed E-state index contributed by atoms with van der Waals surface area (Å²) >= 11 is 0. The summed E-state index contributed by atoms with van der Waals surface area (Å²) in [7, 11) is 0. The lowest BCUT2D eigenvalue weighted by Gasteiger charge is -2.56. The van der Waals surface area contributed by atoms with Crippen LogP contribution in [0.3, 0.4) is 0 Å². The first-order chi connectivity index (χ1) is 5.75. The molecule has 4 aliphatic carbocycles. The highest BCUT2D eigenvalue weighted by atomic mass is 14.5. The normalized spacial score (nSPS) is 62.5. The van der Waals surface area contributed by atoms with Gasteiger partial charge in [-0.05, 0) is 61.2 Å². The molecule has 0 unspecified atom stereocenters. The first-order valence-corrected chi connectivity index (χ1v) is 5.75. The summed E-state index contributed by atoms with van der Waals surface area (Å²) < 4.78 is 0. The molecule has 12 heavy (non-hydrogen) atoms. The molecule has 4 fully saturated rings. The van der Waals surface area contributed by atoms with Crippen molar-refractivity contribution in [3.8, 4) is 0 Å². The lowest BCUT2D eigenvalue weighted by Crippen LogP contribution is -2.48. The molecule has 0 saturated heterocycles. The van der Waals surface area contributed by atoms with Gasteiger partial charge in [-0.25, -0.2) is 0 Å². The van der Waals surface area contributed by atoms with E-state index in [4.69, 9.17) is 0 Å². The maximum Gasteiger partial charge on any atom is -0.0380 e. The molecule has 0 nitrogen and oxygen atoms in total. The van der Waals surface area contributed by atoms with Crippen LogP contribution in [0.5, 0.6) is 0 Å². The summed E-state index contributed by atoms with van der Waals surface area (Å²) in [6.07, 6.45) is 6.31. The van der Waals surface area contributed by atoms with Gasteiger partial charge in [-0.2, -0.15) is 0 Å². The zero-order valence-electron chi connectivity index (χ0n) is 8.29. The molecular weight excluding hydrogens is 144 g/mol. The Morgan fingerprint density at radius 3 is 1.08 bits per heavy atom. The van der Waals surface area contributed by atoms with Crippen molar-refractivity contribution in [2.45, 2.75) is 39.5 Å². The fourth-order valence-corrected chi connectivity index (χ4v) is 4.43. The minimum absolute atomic E-state index is 1.07. The van der Waals surface area contributed by atoms with Gasteiger partial charge in [0, 0.05) is 0 Å². The van der Waals surface area contributed by atoms with Crippen molar-refractivity contribution < 1.29 is 0 Å². The fraction of sp³-hybridized carbons (Fsp3) is 1.00. The van der Waals surface area contributed by atoms with Crippen LogP contribution in [0.1, 0.15) is 39.5 Å². The third-order valence-electron chi connectivity index (χ3n) is 5.40. The summed E-state index contributed by atoms with van der Waals surface area (Å²) in [4.78, 5) is 0. The highest BCUT2D eigenvalue weighted by molar-refractivity contribution is 4.99. The van der Waals surface area contributed by atoms with Crippen molar-refractivity contribution in [3.63, 3.8) is 0 Å². The van der Waals surface area contributed by atoms with Crippen molar-refractivity contribution in [1.82, 2.24) is 0 Å². The Morgan fingerprint density at radius 2 is 0.833 bits per heavy atom. The average Bonchev–Trinajstić information content (AvgIpc) is 2.02. The van der Waals surface area contributed by atoms with Gasteiger partial charge in [0.05, 0.1) is 0 Å². The second-order valence-corrected chi connectivity index (χ2v) is 5.70. The summed E-state index contributed by atoms with van der Waals surface area (Å²) in [5.41, 5.74) is 0. The zero-order chi connectivity index (χ0) is 8.29. The summed E-state index contributed by atoms with van der Waals surface area (Å²) in [5.74, 6) is 6.66. The smallest absolute Gasteiger partial charge is 0.0380 e. The SMILES string of the molecule is CC1C2CC3CC1CC(C2)C3C.